The molecule has 4 rings (SSSR count). The van der Waals surface area contributed by atoms with Crippen molar-refractivity contribution in [1.29, 1.82) is 0 Å². The first kappa shape index (κ1) is 13.0. The van der Waals surface area contributed by atoms with E-state index in [1.807, 2.05) is 18.3 Å². The van der Waals surface area contributed by atoms with Crippen molar-refractivity contribution >= 4 is 0 Å². The van der Waals surface area contributed by atoms with Crippen LogP contribution < -0.4 is 0 Å². The first-order chi connectivity index (χ1) is 10.0. The van der Waals surface area contributed by atoms with Crippen LogP contribution in [0.25, 0.3) is 0 Å². The third-order valence-electron chi connectivity index (χ3n) is 5.01. The van der Waals surface area contributed by atoms with E-state index in [1.54, 1.807) is 0 Å². The van der Waals surface area contributed by atoms with Crippen molar-refractivity contribution in [3.63, 3.8) is 0 Å². The topological polar surface area (TPSA) is 43.6 Å². The Morgan fingerprint density at radius 1 is 1.19 bits per heavy atom. The molecule has 2 saturated carbocycles. The van der Waals surface area contributed by atoms with Crippen LogP contribution in [0.3, 0.4) is 0 Å². The molecule has 0 radical (unpaired) electrons. The Balaban J connectivity index is 1.83. The monoisotopic (exact) mass is 282 g/mol. The third-order valence-corrected chi connectivity index (χ3v) is 5.01. The number of aromatic nitrogens is 4. The van der Waals surface area contributed by atoms with Gasteiger partial charge in [0.25, 0.3) is 0 Å². The molecule has 2 fully saturated rings. The molecule has 0 aromatic carbocycles. The van der Waals surface area contributed by atoms with E-state index in [-0.39, 0.29) is 10.8 Å². The average molecular weight is 282 g/mol. The van der Waals surface area contributed by atoms with E-state index in [1.165, 1.54) is 31.5 Å². The van der Waals surface area contributed by atoms with Crippen molar-refractivity contribution in [1.82, 2.24) is 19.7 Å². The van der Waals surface area contributed by atoms with Crippen molar-refractivity contribution in [2.24, 2.45) is 0 Å². The highest BCUT2D eigenvalue weighted by Gasteiger charge is 2.48. The van der Waals surface area contributed by atoms with Crippen LogP contribution in [-0.2, 0) is 10.8 Å². The zero-order valence-corrected chi connectivity index (χ0v) is 13.0. The van der Waals surface area contributed by atoms with Gasteiger partial charge >= 0.3 is 0 Å². The minimum atomic E-state index is -0.208. The molecule has 0 atom stereocenters. The fraction of sp³-hybridized carbons (Fsp3) is 0.588. The Bertz CT molecular complexity index is 663. The first-order valence-corrected chi connectivity index (χ1v) is 7.90. The largest absolute Gasteiger partial charge is 0.311 e. The van der Waals surface area contributed by atoms with Gasteiger partial charge in [0.05, 0.1) is 11.1 Å². The van der Waals surface area contributed by atoms with Crippen molar-refractivity contribution in [2.45, 2.75) is 63.3 Å². The van der Waals surface area contributed by atoms with Gasteiger partial charge < -0.3 is 4.57 Å². The minimum Gasteiger partial charge on any atom is -0.311 e. The second-order valence-electron chi connectivity index (χ2n) is 7.35. The number of rotatable bonds is 4. The van der Waals surface area contributed by atoms with E-state index < -0.39 is 0 Å². The highest BCUT2D eigenvalue weighted by Crippen LogP contribution is 2.51. The Labute approximate surface area is 125 Å². The van der Waals surface area contributed by atoms with Crippen LogP contribution in [0.1, 0.15) is 69.8 Å². The summed E-state index contributed by atoms with van der Waals surface area (Å²) in [5.74, 6) is 2.27. The fourth-order valence-electron chi connectivity index (χ4n) is 3.07. The summed E-state index contributed by atoms with van der Waals surface area (Å²) in [6.07, 6.45) is 6.85. The Morgan fingerprint density at radius 3 is 2.52 bits per heavy atom. The van der Waals surface area contributed by atoms with Gasteiger partial charge in [-0.2, -0.15) is 0 Å². The summed E-state index contributed by atoms with van der Waals surface area (Å²) in [7, 11) is 0. The molecule has 0 bridgehead atoms. The van der Waals surface area contributed by atoms with Crippen LogP contribution in [0, 0.1) is 0 Å². The Kier molecular flexibility index (Phi) is 2.57. The first-order valence-electron chi connectivity index (χ1n) is 7.90. The third kappa shape index (κ3) is 2.00. The lowest BCUT2D eigenvalue weighted by molar-refractivity contribution is 0.503. The molecule has 0 N–H and O–H groups in total. The lowest BCUT2D eigenvalue weighted by atomic mass is 9.87. The SMILES string of the molecule is CC1(c2nnc(C(C)(C)c3ccccn3)n2C2CC2)CC1. The number of pyridine rings is 1. The smallest absolute Gasteiger partial charge is 0.145 e. The van der Waals surface area contributed by atoms with Gasteiger partial charge in [-0.1, -0.05) is 13.0 Å². The summed E-state index contributed by atoms with van der Waals surface area (Å²) in [5, 5.41) is 9.19. The molecule has 0 aliphatic heterocycles. The van der Waals surface area contributed by atoms with Gasteiger partial charge in [-0.05, 0) is 51.7 Å². The van der Waals surface area contributed by atoms with E-state index in [0.717, 1.165) is 11.5 Å². The van der Waals surface area contributed by atoms with Crippen LogP contribution in [-0.4, -0.2) is 19.7 Å². The zero-order valence-electron chi connectivity index (χ0n) is 13.0. The average Bonchev–Trinajstić information content (AvgIpc) is 3.41. The summed E-state index contributed by atoms with van der Waals surface area (Å²) in [6.45, 7) is 6.72. The maximum absolute atomic E-state index is 4.60. The molecule has 21 heavy (non-hydrogen) atoms. The van der Waals surface area contributed by atoms with Gasteiger partial charge in [-0.3, -0.25) is 4.98 Å². The fourth-order valence-corrected chi connectivity index (χ4v) is 3.07. The van der Waals surface area contributed by atoms with Gasteiger partial charge in [0.15, 0.2) is 0 Å². The number of hydrogen-bond acceptors (Lipinski definition) is 3. The molecule has 2 aliphatic carbocycles. The van der Waals surface area contributed by atoms with Crippen LogP contribution in [0.15, 0.2) is 24.4 Å². The molecule has 0 spiro atoms. The van der Waals surface area contributed by atoms with E-state index in [0.29, 0.717) is 6.04 Å². The van der Waals surface area contributed by atoms with Gasteiger partial charge in [0.2, 0.25) is 0 Å². The summed E-state index contributed by atoms with van der Waals surface area (Å²) >= 11 is 0. The quantitative estimate of drug-likeness (QED) is 0.863. The van der Waals surface area contributed by atoms with Crippen molar-refractivity contribution in [3.8, 4) is 0 Å². The Hall–Kier alpha value is -1.71. The van der Waals surface area contributed by atoms with Crippen molar-refractivity contribution in [3.05, 3.63) is 41.7 Å². The standard InChI is InChI=1S/C17H22N4/c1-16(2,13-6-4-5-11-18-13)14-19-20-15(17(3)9-10-17)21(14)12-7-8-12/h4-6,11-12H,7-10H2,1-3H3. The number of nitrogens with zero attached hydrogens (tertiary/aromatic N) is 4. The molecule has 2 aliphatic rings. The van der Waals surface area contributed by atoms with Crippen LogP contribution in [0.4, 0.5) is 0 Å². The molecule has 2 heterocycles. The second kappa shape index (κ2) is 4.15. The minimum absolute atomic E-state index is 0.208. The van der Waals surface area contributed by atoms with Gasteiger partial charge in [0.1, 0.15) is 11.6 Å². The summed E-state index contributed by atoms with van der Waals surface area (Å²) in [5.41, 5.74) is 1.11. The zero-order chi connectivity index (χ0) is 14.7. The molecule has 2 aromatic heterocycles. The molecule has 110 valence electrons. The molecule has 2 aromatic rings. The van der Waals surface area contributed by atoms with E-state index in [4.69, 9.17) is 0 Å². The lowest BCUT2D eigenvalue weighted by Crippen LogP contribution is -2.26. The molecular formula is C17H22N4. The highest BCUT2D eigenvalue weighted by molar-refractivity contribution is 5.29. The predicted octanol–water partition coefficient (Wildman–Crippen LogP) is 3.39. The van der Waals surface area contributed by atoms with Gasteiger partial charge in [-0.25, -0.2) is 0 Å². The summed E-state index contributed by atoms with van der Waals surface area (Å²) in [4.78, 5) is 4.55. The van der Waals surface area contributed by atoms with Crippen molar-refractivity contribution in [2.75, 3.05) is 0 Å². The maximum atomic E-state index is 4.60. The van der Waals surface area contributed by atoms with E-state index in [9.17, 15) is 0 Å². The molecular weight excluding hydrogens is 260 g/mol. The molecule has 4 nitrogen and oxygen atoms in total. The lowest BCUT2D eigenvalue weighted by Gasteiger charge is -2.25. The highest BCUT2D eigenvalue weighted by atomic mass is 15.3. The maximum Gasteiger partial charge on any atom is 0.145 e. The van der Waals surface area contributed by atoms with E-state index >= 15 is 0 Å². The van der Waals surface area contributed by atoms with Crippen molar-refractivity contribution < 1.29 is 0 Å². The van der Waals surface area contributed by atoms with Crippen LogP contribution >= 0.6 is 0 Å². The van der Waals surface area contributed by atoms with Gasteiger partial charge in [-0.15, -0.1) is 10.2 Å². The predicted molar refractivity (Wildman–Crippen MR) is 81.2 cm³/mol. The number of hydrogen-bond donors (Lipinski definition) is 0. The molecule has 0 unspecified atom stereocenters. The van der Waals surface area contributed by atoms with Crippen LogP contribution in [0.5, 0.6) is 0 Å². The molecule has 4 heteroatoms. The van der Waals surface area contributed by atoms with E-state index in [2.05, 4.69) is 46.6 Å². The summed E-state index contributed by atoms with van der Waals surface area (Å²) < 4.78 is 2.43. The molecule has 0 amide bonds. The Morgan fingerprint density at radius 2 is 1.95 bits per heavy atom. The summed E-state index contributed by atoms with van der Waals surface area (Å²) in [6, 6.07) is 6.70. The molecule has 0 saturated heterocycles. The second-order valence-corrected chi connectivity index (χ2v) is 7.35. The van der Waals surface area contributed by atoms with Crippen LogP contribution in [0.2, 0.25) is 0 Å². The normalized spacial score (nSPS) is 20.5. The van der Waals surface area contributed by atoms with Gasteiger partial charge in [0, 0.05) is 17.7 Å².